The van der Waals surface area contributed by atoms with Crippen molar-refractivity contribution in [3.63, 3.8) is 0 Å². The van der Waals surface area contributed by atoms with Gasteiger partial charge < -0.3 is 20.5 Å². The molecule has 0 spiro atoms. The van der Waals surface area contributed by atoms with E-state index in [2.05, 4.69) is 24.5 Å². The van der Waals surface area contributed by atoms with Crippen molar-refractivity contribution in [1.82, 2.24) is 10.6 Å². The molecule has 0 aromatic rings. The van der Waals surface area contributed by atoms with E-state index < -0.39 is 5.97 Å². The van der Waals surface area contributed by atoms with Crippen molar-refractivity contribution < 1.29 is 14.6 Å². The van der Waals surface area contributed by atoms with E-state index >= 15 is 0 Å². The summed E-state index contributed by atoms with van der Waals surface area (Å²) in [6, 6.07) is 0. The highest BCUT2D eigenvalue weighted by atomic mass is 16.5. The maximum atomic E-state index is 10.8. The van der Waals surface area contributed by atoms with E-state index in [0.29, 0.717) is 0 Å². The third kappa shape index (κ3) is 4.61. The molecule has 5 nitrogen and oxygen atoms in total. The van der Waals surface area contributed by atoms with Gasteiger partial charge >= 0.3 is 5.97 Å². The Hall–Kier alpha value is -0.650. The zero-order valence-electron chi connectivity index (χ0n) is 11.0. The normalized spacial score (nSPS) is 18.8. The first-order chi connectivity index (χ1) is 7.89. The zero-order chi connectivity index (χ0) is 12.9. The van der Waals surface area contributed by atoms with Gasteiger partial charge in [-0.15, -0.1) is 0 Å². The fourth-order valence-corrected chi connectivity index (χ4v) is 1.92. The highest BCUT2D eigenvalue weighted by molar-refractivity contribution is 5.68. The summed E-state index contributed by atoms with van der Waals surface area (Å²) in [6.07, 6.45) is 1.15. The minimum atomic E-state index is -0.742. The van der Waals surface area contributed by atoms with Gasteiger partial charge in [-0.3, -0.25) is 4.79 Å². The van der Waals surface area contributed by atoms with E-state index in [4.69, 9.17) is 9.84 Å². The number of aliphatic carboxylic acids is 1. The molecule has 0 atom stereocenters. The van der Waals surface area contributed by atoms with E-state index in [1.54, 1.807) is 7.11 Å². The Morgan fingerprint density at radius 1 is 1.53 bits per heavy atom. The van der Waals surface area contributed by atoms with Gasteiger partial charge in [-0.1, -0.05) is 13.8 Å². The predicted molar refractivity (Wildman–Crippen MR) is 66.1 cm³/mol. The van der Waals surface area contributed by atoms with Crippen LogP contribution in [0.2, 0.25) is 0 Å². The fraction of sp³-hybridized carbons (Fsp3) is 0.917. The first-order valence-electron chi connectivity index (χ1n) is 6.06. The van der Waals surface area contributed by atoms with Crippen molar-refractivity contribution >= 4 is 5.97 Å². The lowest BCUT2D eigenvalue weighted by Gasteiger charge is -2.44. The molecule has 1 rings (SSSR count). The summed E-state index contributed by atoms with van der Waals surface area (Å²) < 4.78 is 5.08. The van der Waals surface area contributed by atoms with Crippen molar-refractivity contribution in [2.24, 2.45) is 5.41 Å². The topological polar surface area (TPSA) is 70.6 Å². The summed E-state index contributed by atoms with van der Waals surface area (Å²) in [5.41, 5.74) is -0.132. The molecule has 0 aromatic heterocycles. The average Bonchev–Trinajstić information content (AvgIpc) is 2.18. The van der Waals surface area contributed by atoms with Gasteiger partial charge in [0.25, 0.3) is 0 Å². The Labute approximate surface area is 103 Å². The van der Waals surface area contributed by atoms with Crippen LogP contribution < -0.4 is 10.6 Å². The second-order valence-electron chi connectivity index (χ2n) is 5.71. The Kier molecular flexibility index (Phi) is 4.91. The van der Waals surface area contributed by atoms with Crippen molar-refractivity contribution in [3.05, 3.63) is 0 Å². The molecule has 100 valence electrons. The number of carboxylic acid groups (broad SMARTS) is 1. The molecule has 1 heterocycles. The quantitative estimate of drug-likeness (QED) is 0.578. The van der Waals surface area contributed by atoms with Gasteiger partial charge in [0.05, 0.1) is 12.0 Å². The molecule has 0 aliphatic carbocycles. The average molecular weight is 244 g/mol. The van der Waals surface area contributed by atoms with Crippen LogP contribution in [0.25, 0.3) is 0 Å². The number of hydrogen-bond acceptors (Lipinski definition) is 4. The van der Waals surface area contributed by atoms with E-state index in [9.17, 15) is 4.79 Å². The molecular formula is C12H24N2O3. The van der Waals surface area contributed by atoms with E-state index in [-0.39, 0.29) is 17.4 Å². The molecule has 0 aromatic carbocycles. The molecule has 1 fully saturated rings. The van der Waals surface area contributed by atoms with E-state index in [1.807, 2.05) is 0 Å². The van der Waals surface area contributed by atoms with E-state index in [0.717, 1.165) is 32.7 Å². The van der Waals surface area contributed by atoms with Gasteiger partial charge in [0, 0.05) is 33.4 Å². The van der Waals surface area contributed by atoms with Crippen LogP contribution in [0.4, 0.5) is 0 Å². The van der Waals surface area contributed by atoms with Crippen LogP contribution in [0, 0.1) is 5.41 Å². The number of methoxy groups -OCH3 is 1. The second kappa shape index (κ2) is 5.80. The van der Waals surface area contributed by atoms with Crippen LogP contribution >= 0.6 is 0 Å². The number of nitrogens with one attached hydrogen (secondary N) is 2. The fourth-order valence-electron chi connectivity index (χ4n) is 1.92. The molecule has 0 unspecified atom stereocenters. The Bertz CT molecular complexity index is 262. The Morgan fingerprint density at radius 2 is 2.18 bits per heavy atom. The smallest absolute Gasteiger partial charge is 0.305 e. The summed E-state index contributed by atoms with van der Waals surface area (Å²) in [4.78, 5) is 10.8. The Morgan fingerprint density at radius 3 is 2.59 bits per heavy atom. The van der Waals surface area contributed by atoms with Crippen LogP contribution in [-0.4, -0.2) is 50.0 Å². The standard InChI is InChI=1S/C12H24N2O3/c1-11(2,4-5-17-3)7-14-12(6-10(15)16)8-13-9-12/h13-14H,4-9H2,1-3H3,(H,15,16). The van der Waals surface area contributed by atoms with Crippen LogP contribution in [0.15, 0.2) is 0 Å². The van der Waals surface area contributed by atoms with Crippen LogP contribution in [0.1, 0.15) is 26.7 Å². The van der Waals surface area contributed by atoms with Crippen LogP contribution in [-0.2, 0) is 9.53 Å². The predicted octanol–water partition coefficient (Wildman–Crippen LogP) is 0.455. The van der Waals surface area contributed by atoms with Crippen LogP contribution in [0.5, 0.6) is 0 Å². The number of ether oxygens (including phenoxy) is 1. The van der Waals surface area contributed by atoms with Gasteiger partial charge in [-0.25, -0.2) is 0 Å². The number of rotatable bonds is 8. The molecule has 0 amide bonds. The molecule has 17 heavy (non-hydrogen) atoms. The lowest BCUT2D eigenvalue weighted by molar-refractivity contribution is -0.139. The summed E-state index contributed by atoms with van der Waals surface area (Å²) in [6.45, 7) is 7.35. The maximum Gasteiger partial charge on any atom is 0.305 e. The van der Waals surface area contributed by atoms with Crippen molar-refractivity contribution in [3.8, 4) is 0 Å². The molecule has 1 saturated heterocycles. The largest absolute Gasteiger partial charge is 0.481 e. The zero-order valence-corrected chi connectivity index (χ0v) is 11.0. The van der Waals surface area contributed by atoms with Gasteiger partial charge in [-0.05, 0) is 11.8 Å². The highest BCUT2D eigenvalue weighted by Crippen LogP contribution is 2.23. The number of carbonyl (C=O) groups is 1. The third-order valence-electron chi connectivity index (χ3n) is 3.34. The summed E-state index contributed by atoms with van der Waals surface area (Å²) in [5.74, 6) is -0.742. The van der Waals surface area contributed by atoms with E-state index in [1.165, 1.54) is 0 Å². The molecule has 1 aliphatic heterocycles. The molecular weight excluding hydrogens is 220 g/mol. The van der Waals surface area contributed by atoms with Crippen LogP contribution in [0.3, 0.4) is 0 Å². The highest BCUT2D eigenvalue weighted by Gasteiger charge is 2.39. The lowest BCUT2D eigenvalue weighted by Crippen LogP contribution is -2.69. The van der Waals surface area contributed by atoms with Gasteiger partial charge in [0.1, 0.15) is 0 Å². The molecule has 0 saturated carbocycles. The summed E-state index contributed by atoms with van der Waals surface area (Å²) >= 11 is 0. The van der Waals surface area contributed by atoms with Crippen molar-refractivity contribution in [1.29, 1.82) is 0 Å². The minimum absolute atomic E-state index is 0.122. The number of hydrogen-bond donors (Lipinski definition) is 3. The third-order valence-corrected chi connectivity index (χ3v) is 3.34. The van der Waals surface area contributed by atoms with Crippen molar-refractivity contribution in [2.75, 3.05) is 33.4 Å². The summed E-state index contributed by atoms with van der Waals surface area (Å²) in [7, 11) is 1.70. The first kappa shape index (κ1) is 14.4. The molecule has 0 radical (unpaired) electrons. The molecule has 5 heteroatoms. The molecule has 1 aliphatic rings. The minimum Gasteiger partial charge on any atom is -0.481 e. The molecule has 0 bridgehead atoms. The number of carboxylic acids is 1. The first-order valence-corrected chi connectivity index (χ1v) is 6.06. The SMILES string of the molecule is COCCC(C)(C)CNC1(CC(=O)O)CNC1. The Balaban J connectivity index is 2.39. The van der Waals surface area contributed by atoms with Crippen molar-refractivity contribution in [2.45, 2.75) is 32.2 Å². The molecule has 3 N–H and O–H groups in total. The van der Waals surface area contributed by atoms with Gasteiger partial charge in [0.2, 0.25) is 0 Å². The summed E-state index contributed by atoms with van der Waals surface area (Å²) in [5, 5.41) is 15.4. The van der Waals surface area contributed by atoms with Gasteiger partial charge in [0.15, 0.2) is 0 Å². The monoisotopic (exact) mass is 244 g/mol. The lowest BCUT2D eigenvalue weighted by atomic mass is 9.84. The van der Waals surface area contributed by atoms with Gasteiger partial charge in [-0.2, -0.15) is 0 Å². The second-order valence-corrected chi connectivity index (χ2v) is 5.71. The maximum absolute atomic E-state index is 10.8.